The predicted molar refractivity (Wildman–Crippen MR) is 77.8 cm³/mol. The van der Waals surface area contributed by atoms with Crippen LogP contribution < -0.4 is 10.5 Å². The van der Waals surface area contributed by atoms with Crippen LogP contribution in [0.15, 0.2) is 18.2 Å². The van der Waals surface area contributed by atoms with Crippen LogP contribution >= 0.6 is 0 Å². The number of methoxy groups -OCH3 is 1. The lowest BCUT2D eigenvalue weighted by molar-refractivity contribution is 0.0994. The minimum absolute atomic E-state index is 0.322. The molecule has 0 amide bonds. The SMILES string of the molecule is COc1cc(-c2nnnn2CCC2CCCO2)ccc1N. The quantitative estimate of drug-likeness (QED) is 0.839. The van der Waals surface area contributed by atoms with Crippen molar-refractivity contribution in [1.82, 2.24) is 20.2 Å². The number of aryl methyl sites for hydroxylation is 1. The van der Waals surface area contributed by atoms with Gasteiger partial charge in [0, 0.05) is 18.7 Å². The van der Waals surface area contributed by atoms with Crippen molar-refractivity contribution in [3.63, 3.8) is 0 Å². The van der Waals surface area contributed by atoms with E-state index >= 15 is 0 Å². The highest BCUT2D eigenvalue weighted by Crippen LogP contribution is 2.27. The van der Waals surface area contributed by atoms with E-state index in [2.05, 4.69) is 15.5 Å². The Bertz CT molecular complexity index is 607. The van der Waals surface area contributed by atoms with Crippen LogP contribution in [-0.2, 0) is 11.3 Å². The van der Waals surface area contributed by atoms with Crippen LogP contribution in [0, 0.1) is 0 Å². The lowest BCUT2D eigenvalue weighted by Gasteiger charge is -2.10. The molecule has 0 spiro atoms. The van der Waals surface area contributed by atoms with E-state index in [1.807, 2.05) is 12.1 Å². The van der Waals surface area contributed by atoms with E-state index in [1.165, 1.54) is 0 Å². The molecular weight excluding hydrogens is 270 g/mol. The zero-order chi connectivity index (χ0) is 14.7. The molecule has 1 aliphatic rings. The fourth-order valence-electron chi connectivity index (χ4n) is 2.55. The molecule has 0 radical (unpaired) electrons. The highest BCUT2D eigenvalue weighted by atomic mass is 16.5. The summed E-state index contributed by atoms with van der Waals surface area (Å²) in [4.78, 5) is 0. The number of tetrazole rings is 1. The summed E-state index contributed by atoms with van der Waals surface area (Å²) >= 11 is 0. The van der Waals surface area contributed by atoms with E-state index in [0.29, 0.717) is 23.4 Å². The fourth-order valence-corrected chi connectivity index (χ4v) is 2.55. The van der Waals surface area contributed by atoms with Gasteiger partial charge >= 0.3 is 0 Å². The van der Waals surface area contributed by atoms with Gasteiger partial charge in [0.05, 0.1) is 18.9 Å². The fraction of sp³-hybridized carbons (Fsp3) is 0.500. The molecule has 1 atom stereocenters. The Hall–Kier alpha value is -2.15. The highest BCUT2D eigenvalue weighted by Gasteiger charge is 2.17. The third kappa shape index (κ3) is 2.97. The van der Waals surface area contributed by atoms with E-state index in [9.17, 15) is 0 Å². The summed E-state index contributed by atoms with van der Waals surface area (Å²) in [5.41, 5.74) is 7.32. The average molecular weight is 289 g/mol. The maximum Gasteiger partial charge on any atom is 0.182 e. The van der Waals surface area contributed by atoms with Gasteiger partial charge in [-0.3, -0.25) is 0 Å². The van der Waals surface area contributed by atoms with Gasteiger partial charge in [0.15, 0.2) is 5.82 Å². The molecule has 7 nitrogen and oxygen atoms in total. The number of ether oxygens (including phenoxy) is 2. The van der Waals surface area contributed by atoms with Gasteiger partial charge in [-0.15, -0.1) is 5.10 Å². The summed E-state index contributed by atoms with van der Waals surface area (Å²) in [5.74, 6) is 1.34. The van der Waals surface area contributed by atoms with Crippen molar-refractivity contribution in [2.75, 3.05) is 19.5 Å². The van der Waals surface area contributed by atoms with Gasteiger partial charge in [0.2, 0.25) is 0 Å². The minimum Gasteiger partial charge on any atom is -0.495 e. The standard InChI is InChI=1S/C14H19N5O2/c1-20-13-9-10(4-5-12(13)15)14-16-17-18-19(14)7-6-11-3-2-8-21-11/h4-5,9,11H,2-3,6-8,15H2,1H3. The van der Waals surface area contributed by atoms with E-state index in [1.54, 1.807) is 17.9 Å². The normalized spacial score (nSPS) is 18.0. The van der Waals surface area contributed by atoms with Crippen LogP contribution in [0.2, 0.25) is 0 Å². The maximum absolute atomic E-state index is 5.83. The van der Waals surface area contributed by atoms with Gasteiger partial charge in [-0.1, -0.05) is 0 Å². The molecule has 7 heteroatoms. The predicted octanol–water partition coefficient (Wildman–Crippen LogP) is 1.50. The highest BCUT2D eigenvalue weighted by molar-refractivity contribution is 5.65. The number of hydrogen-bond acceptors (Lipinski definition) is 6. The molecule has 1 aromatic heterocycles. The lowest BCUT2D eigenvalue weighted by Crippen LogP contribution is -2.12. The maximum atomic E-state index is 5.83. The number of nitrogens with two attached hydrogens (primary N) is 1. The summed E-state index contributed by atoms with van der Waals surface area (Å²) in [6, 6.07) is 5.54. The van der Waals surface area contributed by atoms with Crippen molar-refractivity contribution in [2.24, 2.45) is 0 Å². The van der Waals surface area contributed by atoms with E-state index < -0.39 is 0 Å². The van der Waals surface area contributed by atoms with Gasteiger partial charge in [0.25, 0.3) is 0 Å². The van der Waals surface area contributed by atoms with Crippen LogP contribution in [0.4, 0.5) is 5.69 Å². The molecule has 112 valence electrons. The summed E-state index contributed by atoms with van der Waals surface area (Å²) < 4.78 is 12.7. The van der Waals surface area contributed by atoms with Crippen LogP contribution in [0.1, 0.15) is 19.3 Å². The summed E-state index contributed by atoms with van der Waals surface area (Å²) in [6.07, 6.45) is 3.50. The molecule has 2 aromatic rings. The third-order valence-corrected chi connectivity index (χ3v) is 3.71. The van der Waals surface area contributed by atoms with Crippen molar-refractivity contribution >= 4 is 5.69 Å². The largest absolute Gasteiger partial charge is 0.495 e. The van der Waals surface area contributed by atoms with Gasteiger partial charge in [-0.25, -0.2) is 4.68 Å². The molecular formula is C14H19N5O2. The second-order valence-corrected chi connectivity index (χ2v) is 5.11. The topological polar surface area (TPSA) is 88.1 Å². The summed E-state index contributed by atoms with van der Waals surface area (Å²) in [7, 11) is 1.59. The molecule has 1 aliphatic heterocycles. The number of aromatic nitrogens is 4. The second kappa shape index (κ2) is 6.09. The van der Waals surface area contributed by atoms with Crippen molar-refractivity contribution in [3.8, 4) is 17.1 Å². The summed E-state index contributed by atoms with van der Waals surface area (Å²) in [6.45, 7) is 1.60. The minimum atomic E-state index is 0.322. The molecule has 1 fully saturated rings. The molecule has 1 saturated heterocycles. The first-order valence-corrected chi connectivity index (χ1v) is 7.09. The molecule has 1 aromatic carbocycles. The molecule has 1 unspecified atom stereocenters. The Kier molecular flexibility index (Phi) is 4.01. The first kappa shape index (κ1) is 13.8. The molecule has 3 rings (SSSR count). The summed E-state index contributed by atoms with van der Waals surface area (Å²) in [5, 5.41) is 11.9. The molecule has 2 N–H and O–H groups in total. The molecule has 21 heavy (non-hydrogen) atoms. The van der Waals surface area contributed by atoms with Crippen LogP contribution in [-0.4, -0.2) is 40.0 Å². The Balaban J connectivity index is 1.77. The number of nitrogens with zero attached hydrogens (tertiary/aromatic N) is 4. The van der Waals surface area contributed by atoms with Crippen molar-refractivity contribution in [1.29, 1.82) is 0 Å². The van der Waals surface area contributed by atoms with Crippen LogP contribution in [0.25, 0.3) is 11.4 Å². The van der Waals surface area contributed by atoms with Gasteiger partial charge < -0.3 is 15.2 Å². The van der Waals surface area contributed by atoms with Crippen LogP contribution in [0.5, 0.6) is 5.75 Å². The first-order valence-electron chi connectivity index (χ1n) is 7.09. The van der Waals surface area contributed by atoms with Gasteiger partial charge in [0.1, 0.15) is 5.75 Å². The molecule has 0 saturated carbocycles. The zero-order valence-corrected chi connectivity index (χ0v) is 12.0. The Labute approximate surface area is 123 Å². The molecule has 0 aliphatic carbocycles. The Morgan fingerprint density at radius 1 is 1.48 bits per heavy atom. The van der Waals surface area contributed by atoms with Crippen LogP contribution in [0.3, 0.4) is 0 Å². The number of hydrogen-bond donors (Lipinski definition) is 1. The zero-order valence-electron chi connectivity index (χ0n) is 12.0. The number of nitrogen functional groups attached to an aromatic ring is 1. The second-order valence-electron chi connectivity index (χ2n) is 5.11. The van der Waals surface area contributed by atoms with E-state index in [-0.39, 0.29) is 0 Å². The Morgan fingerprint density at radius 3 is 3.14 bits per heavy atom. The number of benzene rings is 1. The van der Waals surface area contributed by atoms with E-state index in [4.69, 9.17) is 15.2 Å². The average Bonchev–Trinajstić information content (AvgIpc) is 3.17. The smallest absolute Gasteiger partial charge is 0.182 e. The monoisotopic (exact) mass is 289 g/mol. The van der Waals surface area contributed by atoms with Crippen molar-refractivity contribution in [2.45, 2.75) is 31.9 Å². The van der Waals surface area contributed by atoms with Crippen molar-refractivity contribution < 1.29 is 9.47 Å². The van der Waals surface area contributed by atoms with Crippen molar-refractivity contribution in [3.05, 3.63) is 18.2 Å². The van der Waals surface area contributed by atoms with Gasteiger partial charge in [-0.2, -0.15) is 0 Å². The lowest BCUT2D eigenvalue weighted by atomic mass is 10.1. The molecule has 2 heterocycles. The molecule has 0 bridgehead atoms. The Morgan fingerprint density at radius 2 is 2.38 bits per heavy atom. The number of anilines is 1. The number of rotatable bonds is 5. The third-order valence-electron chi connectivity index (χ3n) is 3.71. The van der Waals surface area contributed by atoms with E-state index in [0.717, 1.165) is 38.0 Å². The van der Waals surface area contributed by atoms with Gasteiger partial charge in [-0.05, 0) is 47.9 Å². The first-order chi connectivity index (χ1) is 10.3.